The van der Waals surface area contributed by atoms with Crippen molar-refractivity contribution in [2.24, 2.45) is 7.05 Å². The molecule has 1 N–H and O–H groups in total. The molecule has 0 aromatic carbocycles. The molecular weight excluding hydrogens is 230 g/mol. The van der Waals surface area contributed by atoms with Crippen LogP contribution in [0, 0.1) is 0 Å². The van der Waals surface area contributed by atoms with Crippen LogP contribution < -0.4 is 0 Å². The molecule has 0 unspecified atom stereocenters. The molecule has 0 saturated carbocycles. The van der Waals surface area contributed by atoms with Crippen LogP contribution in [-0.4, -0.2) is 41.7 Å². The van der Waals surface area contributed by atoms with E-state index < -0.39 is 10.0 Å². The van der Waals surface area contributed by atoms with Gasteiger partial charge in [0.2, 0.25) is 5.03 Å². The van der Waals surface area contributed by atoms with Gasteiger partial charge in [0, 0.05) is 27.1 Å². The Labute approximate surface area is 95.5 Å². The van der Waals surface area contributed by atoms with E-state index in [0.717, 1.165) is 4.31 Å². The normalized spacial score (nSPS) is 12.7. The first-order valence-corrected chi connectivity index (χ1v) is 6.32. The summed E-state index contributed by atoms with van der Waals surface area (Å²) in [6.07, 6.45) is 0. The molecule has 16 heavy (non-hydrogen) atoms. The van der Waals surface area contributed by atoms with Gasteiger partial charge in [-0.15, -0.1) is 0 Å². The van der Waals surface area contributed by atoms with Crippen LogP contribution in [0.25, 0.3) is 0 Å². The van der Waals surface area contributed by atoms with Crippen molar-refractivity contribution in [1.82, 2.24) is 14.1 Å². The van der Waals surface area contributed by atoms with E-state index in [9.17, 15) is 13.5 Å². The minimum atomic E-state index is -3.67. The third kappa shape index (κ3) is 1.92. The lowest BCUT2D eigenvalue weighted by Crippen LogP contribution is -2.24. The average Bonchev–Trinajstić information content (AvgIpc) is 2.41. The molecule has 1 rings (SSSR count). The Bertz CT molecular complexity index is 488. The van der Waals surface area contributed by atoms with E-state index in [2.05, 4.69) is 5.10 Å². The zero-order valence-corrected chi connectivity index (χ0v) is 10.9. The van der Waals surface area contributed by atoms with Crippen molar-refractivity contribution in [3.05, 3.63) is 5.69 Å². The van der Waals surface area contributed by atoms with Gasteiger partial charge in [0.05, 0.1) is 0 Å². The quantitative estimate of drug-likeness (QED) is 0.844. The van der Waals surface area contributed by atoms with Crippen LogP contribution >= 0.6 is 0 Å². The monoisotopic (exact) mass is 247 g/mol. The standard InChI is InChI=1S/C9H17N3O3S/c1-6(2)7-8(13)9(12(5)10-7)16(14,15)11(3)4/h6,13H,1-5H3. The van der Waals surface area contributed by atoms with E-state index in [-0.39, 0.29) is 16.7 Å². The van der Waals surface area contributed by atoms with Gasteiger partial charge in [0.15, 0.2) is 5.75 Å². The fourth-order valence-corrected chi connectivity index (χ4v) is 2.44. The van der Waals surface area contributed by atoms with Gasteiger partial charge in [-0.25, -0.2) is 12.7 Å². The summed E-state index contributed by atoms with van der Waals surface area (Å²) in [5.74, 6) is -0.288. The van der Waals surface area contributed by atoms with Crippen LogP contribution in [0.4, 0.5) is 0 Å². The summed E-state index contributed by atoms with van der Waals surface area (Å²) in [5.41, 5.74) is 0.392. The SMILES string of the molecule is CC(C)c1nn(C)c(S(=O)(=O)N(C)C)c1O. The summed E-state index contributed by atoms with van der Waals surface area (Å²) in [6, 6.07) is 0. The van der Waals surface area contributed by atoms with Crippen LogP contribution in [0.3, 0.4) is 0 Å². The highest BCUT2D eigenvalue weighted by atomic mass is 32.2. The lowest BCUT2D eigenvalue weighted by molar-refractivity contribution is 0.437. The Morgan fingerprint density at radius 2 is 1.88 bits per heavy atom. The lowest BCUT2D eigenvalue weighted by Gasteiger charge is -2.11. The fourth-order valence-electron chi connectivity index (χ4n) is 1.37. The van der Waals surface area contributed by atoms with Crippen molar-refractivity contribution in [2.75, 3.05) is 14.1 Å². The fraction of sp³-hybridized carbons (Fsp3) is 0.667. The van der Waals surface area contributed by atoms with Gasteiger partial charge in [-0.3, -0.25) is 4.68 Å². The van der Waals surface area contributed by atoms with E-state index in [4.69, 9.17) is 0 Å². The molecule has 0 aliphatic carbocycles. The van der Waals surface area contributed by atoms with Crippen LogP contribution in [0.15, 0.2) is 5.03 Å². The minimum absolute atomic E-state index is 0.0303. The van der Waals surface area contributed by atoms with E-state index in [1.807, 2.05) is 13.8 Å². The summed E-state index contributed by atoms with van der Waals surface area (Å²) in [7, 11) is 0.662. The Morgan fingerprint density at radius 3 is 2.19 bits per heavy atom. The predicted octanol–water partition coefficient (Wildman–Crippen LogP) is 0.499. The van der Waals surface area contributed by atoms with Gasteiger partial charge in [0.25, 0.3) is 10.0 Å². The number of aromatic hydroxyl groups is 1. The maximum atomic E-state index is 11.9. The molecule has 1 aromatic heterocycles. The number of sulfonamides is 1. The van der Waals surface area contributed by atoms with Crippen molar-refractivity contribution < 1.29 is 13.5 Å². The first kappa shape index (κ1) is 13.0. The summed E-state index contributed by atoms with van der Waals surface area (Å²) in [4.78, 5) is 0. The van der Waals surface area contributed by atoms with Gasteiger partial charge >= 0.3 is 0 Å². The summed E-state index contributed by atoms with van der Waals surface area (Å²) >= 11 is 0. The van der Waals surface area contributed by atoms with Gasteiger partial charge in [-0.1, -0.05) is 13.8 Å². The highest BCUT2D eigenvalue weighted by Crippen LogP contribution is 2.31. The van der Waals surface area contributed by atoms with Crippen LogP contribution in [0.1, 0.15) is 25.5 Å². The van der Waals surface area contributed by atoms with E-state index in [1.54, 1.807) is 0 Å². The van der Waals surface area contributed by atoms with Crippen molar-refractivity contribution in [3.8, 4) is 5.75 Å². The highest BCUT2D eigenvalue weighted by molar-refractivity contribution is 7.89. The molecule has 0 bridgehead atoms. The lowest BCUT2D eigenvalue weighted by atomic mass is 10.1. The molecular formula is C9H17N3O3S. The van der Waals surface area contributed by atoms with Crippen LogP contribution in [0.5, 0.6) is 5.75 Å². The second-order valence-corrected chi connectivity index (χ2v) is 6.17. The summed E-state index contributed by atoms with van der Waals surface area (Å²) in [5, 5.41) is 13.7. The molecule has 92 valence electrons. The van der Waals surface area contributed by atoms with Crippen LogP contribution in [-0.2, 0) is 17.1 Å². The van der Waals surface area contributed by atoms with Crippen molar-refractivity contribution >= 4 is 10.0 Å². The second-order valence-electron chi connectivity index (χ2n) is 4.10. The smallest absolute Gasteiger partial charge is 0.263 e. The molecule has 7 heteroatoms. The number of hydrogen-bond acceptors (Lipinski definition) is 4. The van der Waals surface area contributed by atoms with Gasteiger partial charge in [0.1, 0.15) is 5.69 Å². The van der Waals surface area contributed by atoms with Crippen molar-refractivity contribution in [1.29, 1.82) is 0 Å². The Hall–Kier alpha value is -1.08. The van der Waals surface area contributed by atoms with Crippen LogP contribution in [0.2, 0.25) is 0 Å². The first-order valence-electron chi connectivity index (χ1n) is 4.88. The molecule has 6 nitrogen and oxygen atoms in total. The zero-order valence-electron chi connectivity index (χ0n) is 10.1. The predicted molar refractivity (Wildman–Crippen MR) is 59.8 cm³/mol. The molecule has 0 spiro atoms. The maximum Gasteiger partial charge on any atom is 0.263 e. The Kier molecular flexibility index (Phi) is 3.30. The largest absolute Gasteiger partial charge is 0.503 e. The summed E-state index contributed by atoms with van der Waals surface area (Å²) in [6.45, 7) is 3.68. The number of nitrogens with zero attached hydrogens (tertiary/aromatic N) is 3. The van der Waals surface area contributed by atoms with Crippen molar-refractivity contribution in [3.63, 3.8) is 0 Å². The topological polar surface area (TPSA) is 75.4 Å². The Morgan fingerprint density at radius 1 is 1.38 bits per heavy atom. The molecule has 0 saturated heterocycles. The molecule has 0 fully saturated rings. The molecule has 1 aromatic rings. The van der Waals surface area contributed by atoms with E-state index in [0.29, 0.717) is 5.69 Å². The van der Waals surface area contributed by atoms with Crippen molar-refractivity contribution in [2.45, 2.75) is 24.8 Å². The molecule has 0 aliphatic rings. The van der Waals surface area contributed by atoms with Gasteiger partial charge < -0.3 is 5.11 Å². The van der Waals surface area contributed by atoms with Gasteiger partial charge in [-0.05, 0) is 0 Å². The number of hydrogen-bond donors (Lipinski definition) is 1. The number of rotatable bonds is 3. The summed E-state index contributed by atoms with van der Waals surface area (Å²) < 4.78 is 26.1. The second kappa shape index (κ2) is 4.06. The average molecular weight is 247 g/mol. The van der Waals surface area contributed by atoms with Gasteiger partial charge in [-0.2, -0.15) is 5.10 Å². The number of aromatic nitrogens is 2. The molecule has 0 aliphatic heterocycles. The minimum Gasteiger partial charge on any atom is -0.503 e. The first-order chi connectivity index (χ1) is 7.19. The highest BCUT2D eigenvalue weighted by Gasteiger charge is 2.29. The molecule has 0 atom stereocenters. The molecule has 0 amide bonds. The zero-order chi connectivity index (χ0) is 12.7. The third-order valence-electron chi connectivity index (χ3n) is 2.27. The molecule has 1 heterocycles. The maximum absolute atomic E-state index is 11.9. The molecule has 0 radical (unpaired) electrons. The third-order valence-corrected chi connectivity index (χ3v) is 4.18. The van der Waals surface area contributed by atoms with E-state index >= 15 is 0 Å². The van der Waals surface area contributed by atoms with E-state index in [1.165, 1.54) is 25.8 Å². The number of aryl methyl sites for hydroxylation is 1. The Balaban J connectivity index is 3.48.